The van der Waals surface area contributed by atoms with E-state index in [-0.39, 0.29) is 44.0 Å². The van der Waals surface area contributed by atoms with Gasteiger partial charge >= 0.3 is 0 Å². The second-order valence-electron chi connectivity index (χ2n) is 11.9. The molecule has 0 aromatic heterocycles. The monoisotopic (exact) mass is 630 g/mol. The highest BCUT2D eigenvalue weighted by molar-refractivity contribution is 6.06. The van der Waals surface area contributed by atoms with Crippen molar-refractivity contribution >= 4 is 34.8 Å². The van der Waals surface area contributed by atoms with E-state index in [0.29, 0.717) is 36.6 Å². The Bertz CT molecular complexity index is 1420. The molecule has 2 aromatic rings. The average molecular weight is 631 g/mol. The molecule has 1 spiro atoms. The van der Waals surface area contributed by atoms with E-state index in [1.54, 1.807) is 22.0 Å². The van der Waals surface area contributed by atoms with Crippen LogP contribution < -0.4 is 19.4 Å². The average Bonchev–Trinajstić information content (AvgIpc) is 3.71. The Kier molecular flexibility index (Phi) is 10.2. The summed E-state index contributed by atoms with van der Waals surface area (Å²) >= 11 is 0. The van der Waals surface area contributed by atoms with E-state index in [9.17, 15) is 19.5 Å². The minimum atomic E-state index is -1.19. The standard InChI is InChI=1S/C36H46N4O6/c1-6-21-38(27-15-17-28(18-16-27)45-10-5)33(42)30-29-19-20-36(46-29)31(30)34(43)40(23-24-41)32(36)35(44)39(22-7-2)26-13-11-25(12-14-26)37(8-3)9-4/h6-7,11-18,29-32,41H,1-2,8-10,19-24H2,3-5H3/t29-,30+,31-,32?,36?/m0/s1. The minimum absolute atomic E-state index is 0.0412. The third-order valence-electron chi connectivity index (χ3n) is 9.56. The molecule has 2 aromatic carbocycles. The molecule has 10 heteroatoms. The maximum absolute atomic E-state index is 14.6. The Balaban J connectivity index is 1.49. The van der Waals surface area contributed by atoms with Gasteiger partial charge in [-0.25, -0.2) is 0 Å². The molecule has 10 nitrogen and oxygen atoms in total. The number of fused-ring (bicyclic) bond motifs is 1. The lowest BCUT2D eigenvalue weighted by molar-refractivity contribution is -0.141. The van der Waals surface area contributed by atoms with E-state index in [1.165, 1.54) is 4.90 Å². The number of hydrogen-bond donors (Lipinski definition) is 1. The van der Waals surface area contributed by atoms with E-state index in [0.717, 1.165) is 18.8 Å². The van der Waals surface area contributed by atoms with Gasteiger partial charge in [0.05, 0.1) is 31.2 Å². The van der Waals surface area contributed by atoms with Crippen molar-refractivity contribution in [2.45, 2.75) is 51.4 Å². The summed E-state index contributed by atoms with van der Waals surface area (Å²) in [5.74, 6) is -1.85. The number of nitrogens with zero attached hydrogens (tertiary/aromatic N) is 4. The Hall–Kier alpha value is -4.15. The van der Waals surface area contributed by atoms with Crippen LogP contribution in [0.1, 0.15) is 33.6 Å². The molecule has 3 heterocycles. The van der Waals surface area contributed by atoms with Crippen molar-refractivity contribution in [1.82, 2.24) is 4.90 Å². The van der Waals surface area contributed by atoms with Gasteiger partial charge in [-0.15, -0.1) is 13.2 Å². The zero-order valence-corrected chi connectivity index (χ0v) is 27.1. The summed E-state index contributed by atoms with van der Waals surface area (Å²) in [5.41, 5.74) is 1.19. The quantitative estimate of drug-likeness (QED) is 0.297. The van der Waals surface area contributed by atoms with Gasteiger partial charge in [0, 0.05) is 49.8 Å². The van der Waals surface area contributed by atoms with Gasteiger partial charge in [-0.05, 0) is 82.1 Å². The zero-order valence-electron chi connectivity index (χ0n) is 27.1. The molecule has 3 fully saturated rings. The number of aliphatic hydroxyl groups is 1. The molecular weight excluding hydrogens is 584 g/mol. The number of carbonyl (C=O) groups is 3. The van der Waals surface area contributed by atoms with E-state index < -0.39 is 29.6 Å². The third-order valence-corrected chi connectivity index (χ3v) is 9.56. The van der Waals surface area contributed by atoms with Gasteiger partial charge in [0.2, 0.25) is 11.8 Å². The lowest BCUT2D eigenvalue weighted by atomic mass is 9.70. The molecule has 0 saturated carbocycles. The number of anilines is 3. The first-order valence-electron chi connectivity index (χ1n) is 16.3. The summed E-state index contributed by atoms with van der Waals surface area (Å²) in [5, 5.41) is 10.0. The first-order chi connectivity index (χ1) is 22.3. The van der Waals surface area contributed by atoms with Crippen molar-refractivity contribution in [2.75, 3.05) is 60.6 Å². The highest BCUT2D eigenvalue weighted by Crippen LogP contribution is 2.59. The molecule has 5 atom stereocenters. The summed E-state index contributed by atoms with van der Waals surface area (Å²) in [6.07, 6.45) is 3.80. The van der Waals surface area contributed by atoms with Crippen molar-refractivity contribution in [3.05, 3.63) is 73.8 Å². The third kappa shape index (κ3) is 5.69. The number of β-amino-alcohol motifs (C(OH)–C–C–N with tert-alkyl or cyclic N) is 1. The van der Waals surface area contributed by atoms with Gasteiger partial charge in [-0.1, -0.05) is 12.2 Å². The zero-order chi connectivity index (χ0) is 33.0. The van der Waals surface area contributed by atoms with Crippen LogP contribution in [-0.4, -0.2) is 91.4 Å². The molecule has 1 N–H and O–H groups in total. The second kappa shape index (κ2) is 14.1. The normalized spacial score (nSPS) is 24.4. The molecule has 3 saturated heterocycles. The Morgan fingerprint density at radius 1 is 0.957 bits per heavy atom. The molecule has 246 valence electrons. The Morgan fingerprint density at radius 3 is 2.07 bits per heavy atom. The van der Waals surface area contributed by atoms with Crippen LogP contribution in [0.25, 0.3) is 0 Å². The van der Waals surface area contributed by atoms with Crippen molar-refractivity contribution in [1.29, 1.82) is 0 Å². The number of amides is 3. The predicted octanol–water partition coefficient (Wildman–Crippen LogP) is 4.04. The number of rotatable bonds is 15. The summed E-state index contributed by atoms with van der Waals surface area (Å²) in [7, 11) is 0. The largest absolute Gasteiger partial charge is 0.494 e. The van der Waals surface area contributed by atoms with E-state index in [1.807, 2.05) is 55.5 Å². The fourth-order valence-electron chi connectivity index (χ4n) is 7.61. The number of benzene rings is 2. The highest BCUT2D eigenvalue weighted by atomic mass is 16.5. The van der Waals surface area contributed by atoms with Crippen LogP contribution in [0, 0.1) is 11.8 Å². The maximum Gasteiger partial charge on any atom is 0.253 e. The van der Waals surface area contributed by atoms with Crippen LogP contribution in [0.4, 0.5) is 17.1 Å². The van der Waals surface area contributed by atoms with E-state index in [4.69, 9.17) is 9.47 Å². The Morgan fingerprint density at radius 2 is 1.52 bits per heavy atom. The molecule has 0 aliphatic carbocycles. The Labute approximate surface area is 271 Å². The number of ether oxygens (including phenoxy) is 2. The predicted molar refractivity (Wildman–Crippen MR) is 179 cm³/mol. The van der Waals surface area contributed by atoms with Gasteiger partial charge < -0.3 is 34.2 Å². The minimum Gasteiger partial charge on any atom is -0.494 e. The van der Waals surface area contributed by atoms with Crippen LogP contribution in [0.15, 0.2) is 73.8 Å². The van der Waals surface area contributed by atoms with Crippen molar-refractivity contribution in [3.63, 3.8) is 0 Å². The van der Waals surface area contributed by atoms with Crippen LogP contribution in [0.2, 0.25) is 0 Å². The van der Waals surface area contributed by atoms with Crippen molar-refractivity contribution in [3.8, 4) is 5.75 Å². The van der Waals surface area contributed by atoms with Gasteiger partial charge in [0.15, 0.2) is 0 Å². The molecule has 46 heavy (non-hydrogen) atoms. The highest BCUT2D eigenvalue weighted by Gasteiger charge is 2.75. The summed E-state index contributed by atoms with van der Waals surface area (Å²) in [6.45, 7) is 16.2. The number of likely N-dealkylation sites (tertiary alicyclic amines) is 1. The smallest absolute Gasteiger partial charge is 0.253 e. The molecule has 2 unspecified atom stereocenters. The summed E-state index contributed by atoms with van der Waals surface area (Å²) in [6, 6.07) is 14.0. The fraction of sp³-hybridized carbons (Fsp3) is 0.472. The van der Waals surface area contributed by atoms with E-state index >= 15 is 0 Å². The SMILES string of the molecule is C=CCN(C(=O)C1N(CCO)C(=O)[C@@H]2[C@H](C(=O)N(CC=C)c3ccc(OCC)cc3)[C@@H]3CCC12O3)c1ccc(N(CC)CC)cc1. The summed E-state index contributed by atoms with van der Waals surface area (Å²) < 4.78 is 12.2. The molecule has 3 aliphatic heterocycles. The van der Waals surface area contributed by atoms with E-state index in [2.05, 4.69) is 31.9 Å². The topological polar surface area (TPSA) is 103 Å². The van der Waals surface area contributed by atoms with Crippen LogP contribution in [-0.2, 0) is 19.1 Å². The van der Waals surface area contributed by atoms with Crippen LogP contribution >= 0.6 is 0 Å². The maximum atomic E-state index is 14.6. The van der Waals surface area contributed by atoms with Crippen molar-refractivity contribution < 1.29 is 29.0 Å². The number of carbonyl (C=O) groups excluding carboxylic acids is 3. The molecule has 3 amide bonds. The molecule has 3 aliphatic rings. The second-order valence-corrected chi connectivity index (χ2v) is 11.9. The fourth-order valence-corrected chi connectivity index (χ4v) is 7.61. The molecule has 0 radical (unpaired) electrons. The first kappa shape index (κ1) is 33.2. The van der Waals surface area contributed by atoms with Gasteiger partial charge in [0.1, 0.15) is 17.4 Å². The van der Waals surface area contributed by atoms with Gasteiger partial charge in [-0.2, -0.15) is 0 Å². The first-order valence-corrected chi connectivity index (χ1v) is 16.3. The lowest BCUT2D eigenvalue weighted by Crippen LogP contribution is -2.57. The van der Waals surface area contributed by atoms with Crippen LogP contribution in [0.5, 0.6) is 5.75 Å². The van der Waals surface area contributed by atoms with Crippen LogP contribution in [0.3, 0.4) is 0 Å². The van der Waals surface area contributed by atoms with Crippen molar-refractivity contribution in [2.24, 2.45) is 11.8 Å². The summed E-state index contributed by atoms with van der Waals surface area (Å²) in [4.78, 5) is 50.2. The van der Waals surface area contributed by atoms with Gasteiger partial charge in [0.25, 0.3) is 5.91 Å². The molecule has 2 bridgehead atoms. The number of aliphatic hydroxyl groups excluding tert-OH is 1. The molecular formula is C36H46N4O6. The molecule has 5 rings (SSSR count). The van der Waals surface area contributed by atoms with Gasteiger partial charge in [-0.3, -0.25) is 14.4 Å². The lowest BCUT2D eigenvalue weighted by Gasteiger charge is -2.37. The number of hydrogen-bond acceptors (Lipinski definition) is 7.